The minimum atomic E-state index is -1.37. The molecule has 0 saturated heterocycles. The van der Waals surface area contributed by atoms with Crippen LogP contribution in [-0.4, -0.2) is 71.9 Å². The molecule has 0 spiro atoms. The number of halogens is 1. The van der Waals surface area contributed by atoms with Crippen molar-refractivity contribution in [2.24, 2.45) is 0 Å². The summed E-state index contributed by atoms with van der Waals surface area (Å²) in [5.41, 5.74) is -0.304. The summed E-state index contributed by atoms with van der Waals surface area (Å²) < 4.78 is 29.7. The van der Waals surface area contributed by atoms with Crippen LogP contribution in [0.1, 0.15) is 37.5 Å². The van der Waals surface area contributed by atoms with E-state index in [0.717, 1.165) is 19.2 Å². The van der Waals surface area contributed by atoms with Crippen molar-refractivity contribution >= 4 is 29.6 Å². The van der Waals surface area contributed by atoms with Gasteiger partial charge in [0.25, 0.3) is 0 Å². The van der Waals surface area contributed by atoms with Gasteiger partial charge in [-0.3, -0.25) is 19.7 Å². The summed E-state index contributed by atoms with van der Waals surface area (Å²) in [6.45, 7) is 4.96. The molecule has 3 amide bonds. The van der Waals surface area contributed by atoms with E-state index in [4.69, 9.17) is 14.2 Å². The molecule has 0 unspecified atom stereocenters. The van der Waals surface area contributed by atoms with Crippen molar-refractivity contribution < 1.29 is 47.8 Å². The summed E-state index contributed by atoms with van der Waals surface area (Å²) in [5.74, 6) is -3.05. The molecule has 0 aliphatic carbocycles. The topological polar surface area (TPSA) is 195 Å². The number of aromatic hydroxyl groups is 1. The van der Waals surface area contributed by atoms with Crippen LogP contribution in [0, 0.1) is 15.9 Å². The summed E-state index contributed by atoms with van der Waals surface area (Å²) in [7, 11) is 2.58. The third kappa shape index (κ3) is 11.8. The molecular weight excluding hydrogens is 643 g/mol. The van der Waals surface area contributed by atoms with Gasteiger partial charge in [-0.25, -0.2) is 9.59 Å². The Kier molecular flexibility index (Phi) is 13.0. The summed E-state index contributed by atoms with van der Waals surface area (Å²) in [6, 6.07) is 11.8. The lowest BCUT2D eigenvalue weighted by atomic mass is 10.0. The van der Waals surface area contributed by atoms with Gasteiger partial charge in [-0.2, -0.15) is 4.39 Å². The summed E-state index contributed by atoms with van der Waals surface area (Å²) >= 11 is 0. The number of phenols is 1. The molecule has 0 fully saturated rings. The molecule has 3 aromatic rings. The van der Waals surface area contributed by atoms with Crippen molar-refractivity contribution in [3.63, 3.8) is 0 Å². The van der Waals surface area contributed by atoms with Gasteiger partial charge in [0.15, 0.2) is 0 Å². The molecular formula is C34H39FN4O10. The van der Waals surface area contributed by atoms with Crippen molar-refractivity contribution in [3.8, 4) is 11.5 Å². The molecule has 4 N–H and O–H groups in total. The largest absolute Gasteiger partial charge is 0.508 e. The summed E-state index contributed by atoms with van der Waals surface area (Å²) in [4.78, 5) is 63.2. The van der Waals surface area contributed by atoms with E-state index in [1.165, 1.54) is 25.3 Å². The number of methoxy groups -OCH3 is 2. The Morgan fingerprint density at radius 1 is 0.796 bits per heavy atom. The van der Waals surface area contributed by atoms with E-state index in [0.29, 0.717) is 16.9 Å². The standard InChI is InChI=1S/C34H39FN4O10/c1-34(2,3)49-33(44)38-27(18-20-6-11-23(40)12-7-20)31(42)36-26(17-21-8-13-24(47-4)14-9-21)30(41)37-28(32(43)48-5)19-22-10-15-29(39(45)46)25(35)16-22/h6-16,26-28,40H,17-19H2,1-5H3,(H,36,42)(H,37,41)(H,38,44)/t26-,27-,28-/m0/s1. The number of amides is 3. The fourth-order valence-electron chi connectivity index (χ4n) is 4.67. The number of carbonyl (C=O) groups excluding carboxylic acids is 4. The number of phenolic OH excluding ortho intramolecular Hbond substituents is 1. The fourth-order valence-corrected chi connectivity index (χ4v) is 4.67. The zero-order valence-electron chi connectivity index (χ0n) is 27.7. The third-order valence-corrected chi connectivity index (χ3v) is 7.07. The minimum absolute atomic E-state index is 0.00213. The second kappa shape index (κ2) is 16.9. The Morgan fingerprint density at radius 3 is 1.78 bits per heavy atom. The van der Waals surface area contributed by atoms with Crippen molar-refractivity contribution in [2.75, 3.05) is 14.2 Å². The Morgan fingerprint density at radius 2 is 1.29 bits per heavy atom. The van der Waals surface area contributed by atoms with Gasteiger partial charge < -0.3 is 35.3 Å². The number of ether oxygens (including phenoxy) is 3. The zero-order valence-corrected chi connectivity index (χ0v) is 27.7. The van der Waals surface area contributed by atoms with E-state index < -0.39 is 64.0 Å². The van der Waals surface area contributed by atoms with Crippen LogP contribution in [-0.2, 0) is 43.1 Å². The van der Waals surface area contributed by atoms with Crippen LogP contribution in [0.2, 0.25) is 0 Å². The number of nitro groups is 1. The van der Waals surface area contributed by atoms with Gasteiger partial charge >= 0.3 is 17.7 Å². The number of benzene rings is 3. The van der Waals surface area contributed by atoms with Crippen LogP contribution < -0.4 is 20.7 Å². The number of alkyl carbamates (subject to hydrolysis) is 1. The molecule has 0 aromatic heterocycles. The molecule has 262 valence electrons. The highest BCUT2D eigenvalue weighted by Gasteiger charge is 2.32. The maximum absolute atomic E-state index is 14.3. The Bertz CT molecular complexity index is 1640. The molecule has 0 aliphatic rings. The molecule has 0 saturated carbocycles. The van der Waals surface area contributed by atoms with E-state index in [9.17, 15) is 38.8 Å². The average molecular weight is 683 g/mol. The van der Waals surface area contributed by atoms with Crippen molar-refractivity contribution in [1.82, 2.24) is 16.0 Å². The zero-order chi connectivity index (χ0) is 36.3. The highest BCUT2D eigenvalue weighted by Crippen LogP contribution is 2.20. The minimum Gasteiger partial charge on any atom is -0.508 e. The smallest absolute Gasteiger partial charge is 0.408 e. The lowest BCUT2D eigenvalue weighted by Gasteiger charge is -2.26. The molecule has 14 nitrogen and oxygen atoms in total. The van der Waals surface area contributed by atoms with Crippen molar-refractivity contribution in [3.05, 3.63) is 99.4 Å². The molecule has 3 aromatic carbocycles. The molecule has 3 rings (SSSR count). The maximum atomic E-state index is 14.3. The molecule has 49 heavy (non-hydrogen) atoms. The number of nitro benzene ring substituents is 1. The maximum Gasteiger partial charge on any atom is 0.408 e. The van der Waals surface area contributed by atoms with Gasteiger partial charge in [0.05, 0.1) is 19.1 Å². The second-order valence-electron chi connectivity index (χ2n) is 12.0. The lowest BCUT2D eigenvalue weighted by Crippen LogP contribution is -2.57. The van der Waals surface area contributed by atoms with Crippen LogP contribution in [0.3, 0.4) is 0 Å². The first-order valence-corrected chi connectivity index (χ1v) is 15.1. The van der Waals surface area contributed by atoms with Crippen LogP contribution in [0.25, 0.3) is 0 Å². The summed E-state index contributed by atoms with van der Waals surface area (Å²) in [6.07, 6.45) is -1.29. The van der Waals surface area contributed by atoms with E-state index >= 15 is 0 Å². The molecule has 15 heteroatoms. The number of hydrogen-bond acceptors (Lipinski definition) is 10. The Balaban J connectivity index is 1.92. The number of rotatable bonds is 14. The van der Waals surface area contributed by atoms with Gasteiger partial charge in [0.2, 0.25) is 17.6 Å². The lowest BCUT2D eigenvalue weighted by molar-refractivity contribution is -0.387. The third-order valence-electron chi connectivity index (χ3n) is 7.07. The van der Waals surface area contributed by atoms with E-state index in [-0.39, 0.29) is 30.6 Å². The van der Waals surface area contributed by atoms with Crippen LogP contribution >= 0.6 is 0 Å². The molecule has 0 bridgehead atoms. The van der Waals surface area contributed by atoms with E-state index in [2.05, 4.69) is 16.0 Å². The Hall–Kier alpha value is -5.73. The van der Waals surface area contributed by atoms with Gasteiger partial charge in [-0.15, -0.1) is 0 Å². The van der Waals surface area contributed by atoms with Gasteiger partial charge in [0.1, 0.15) is 35.2 Å². The predicted molar refractivity (Wildman–Crippen MR) is 174 cm³/mol. The number of hydrogen-bond donors (Lipinski definition) is 4. The molecule has 0 radical (unpaired) electrons. The van der Waals surface area contributed by atoms with Crippen molar-refractivity contribution in [1.29, 1.82) is 0 Å². The first kappa shape index (κ1) is 37.7. The average Bonchev–Trinajstić information content (AvgIpc) is 3.03. The fraction of sp³-hybridized carbons (Fsp3) is 0.353. The van der Waals surface area contributed by atoms with E-state index in [1.807, 2.05) is 0 Å². The van der Waals surface area contributed by atoms with E-state index in [1.54, 1.807) is 57.2 Å². The van der Waals surface area contributed by atoms with Gasteiger partial charge in [0, 0.05) is 25.3 Å². The Labute approximate surface area is 282 Å². The number of nitrogens with zero attached hydrogens (tertiary/aromatic N) is 1. The highest BCUT2D eigenvalue weighted by molar-refractivity contribution is 5.93. The first-order chi connectivity index (χ1) is 23.1. The first-order valence-electron chi connectivity index (χ1n) is 15.1. The van der Waals surface area contributed by atoms with Crippen LogP contribution in [0.5, 0.6) is 11.5 Å². The number of nitrogens with one attached hydrogen (secondary N) is 3. The number of esters is 1. The van der Waals surface area contributed by atoms with Crippen molar-refractivity contribution in [2.45, 2.75) is 63.8 Å². The monoisotopic (exact) mass is 682 g/mol. The number of carbonyl (C=O) groups is 4. The second-order valence-corrected chi connectivity index (χ2v) is 12.0. The SMILES string of the molecule is COC(=O)[C@H](Cc1ccc([N+](=O)[O-])c(F)c1)NC(=O)[C@H](Cc1ccc(OC)cc1)NC(=O)[C@H](Cc1ccc(O)cc1)NC(=O)OC(C)(C)C. The summed E-state index contributed by atoms with van der Waals surface area (Å²) in [5, 5.41) is 28.5. The predicted octanol–water partition coefficient (Wildman–Crippen LogP) is 3.51. The molecule has 0 aliphatic heterocycles. The van der Waals surface area contributed by atoms with Gasteiger partial charge in [-0.1, -0.05) is 30.3 Å². The highest BCUT2D eigenvalue weighted by atomic mass is 19.1. The molecule has 0 heterocycles. The van der Waals surface area contributed by atoms with Gasteiger partial charge in [-0.05, 0) is 67.8 Å². The normalized spacial score (nSPS) is 12.9. The quantitative estimate of drug-likeness (QED) is 0.111. The van der Waals surface area contributed by atoms with Crippen LogP contribution in [0.15, 0.2) is 66.7 Å². The van der Waals surface area contributed by atoms with Crippen LogP contribution in [0.4, 0.5) is 14.9 Å². The molecule has 3 atom stereocenters.